The van der Waals surface area contributed by atoms with Gasteiger partial charge >= 0.3 is 0 Å². The van der Waals surface area contributed by atoms with Gasteiger partial charge in [0, 0.05) is 6.61 Å². The normalized spacial score (nSPS) is 37.8. The maximum absolute atomic E-state index is 8.98. The smallest absolute Gasteiger partial charge is 0.0462 e. The number of rotatable bonds is 2. The molecule has 0 saturated heterocycles. The first-order valence-corrected chi connectivity index (χ1v) is 5.52. The van der Waals surface area contributed by atoms with Crippen molar-refractivity contribution >= 4 is 0 Å². The number of aliphatic hydroxyl groups is 1. The van der Waals surface area contributed by atoms with E-state index >= 15 is 0 Å². The quantitative estimate of drug-likeness (QED) is 0.628. The van der Waals surface area contributed by atoms with E-state index in [1.807, 2.05) is 0 Å². The first kappa shape index (κ1) is 8.55. The SMILES string of the molecule is OCC1CC1C1CCCCCC1. The molecule has 1 heteroatoms. The topological polar surface area (TPSA) is 20.2 Å². The van der Waals surface area contributed by atoms with Gasteiger partial charge < -0.3 is 5.11 Å². The average molecular weight is 168 g/mol. The van der Waals surface area contributed by atoms with Crippen molar-refractivity contribution in [2.24, 2.45) is 17.8 Å². The first-order valence-electron chi connectivity index (χ1n) is 5.52. The molecule has 0 aromatic rings. The highest BCUT2D eigenvalue weighted by Gasteiger charge is 2.41. The Morgan fingerprint density at radius 3 is 2.17 bits per heavy atom. The summed E-state index contributed by atoms with van der Waals surface area (Å²) in [5.41, 5.74) is 0. The van der Waals surface area contributed by atoms with E-state index in [1.54, 1.807) is 0 Å². The van der Waals surface area contributed by atoms with Crippen LogP contribution in [0.3, 0.4) is 0 Å². The molecule has 70 valence electrons. The van der Waals surface area contributed by atoms with E-state index in [0.717, 1.165) is 11.8 Å². The van der Waals surface area contributed by atoms with Gasteiger partial charge in [0.2, 0.25) is 0 Å². The molecule has 2 aliphatic rings. The molecule has 0 aromatic heterocycles. The van der Waals surface area contributed by atoms with Crippen molar-refractivity contribution in [3.63, 3.8) is 0 Å². The lowest BCUT2D eigenvalue weighted by Crippen LogP contribution is -2.04. The Morgan fingerprint density at radius 2 is 1.67 bits per heavy atom. The number of hydrogen-bond acceptors (Lipinski definition) is 1. The van der Waals surface area contributed by atoms with E-state index in [1.165, 1.54) is 44.9 Å². The van der Waals surface area contributed by atoms with Crippen LogP contribution < -0.4 is 0 Å². The molecule has 12 heavy (non-hydrogen) atoms. The lowest BCUT2D eigenvalue weighted by Gasteiger charge is -2.12. The molecule has 0 spiro atoms. The van der Waals surface area contributed by atoms with Crippen LogP contribution in [0.4, 0.5) is 0 Å². The first-order chi connectivity index (χ1) is 5.92. The third kappa shape index (κ3) is 1.82. The highest BCUT2D eigenvalue weighted by atomic mass is 16.3. The van der Waals surface area contributed by atoms with Crippen molar-refractivity contribution in [2.45, 2.75) is 44.9 Å². The molecule has 0 aromatic carbocycles. The lowest BCUT2D eigenvalue weighted by atomic mass is 9.94. The molecule has 0 radical (unpaired) electrons. The lowest BCUT2D eigenvalue weighted by molar-refractivity contribution is 0.253. The molecule has 2 saturated carbocycles. The molecule has 0 bridgehead atoms. The predicted molar refractivity (Wildman–Crippen MR) is 49.9 cm³/mol. The summed E-state index contributed by atoms with van der Waals surface area (Å²) < 4.78 is 0. The summed E-state index contributed by atoms with van der Waals surface area (Å²) in [5, 5.41) is 8.98. The van der Waals surface area contributed by atoms with Crippen LogP contribution in [0, 0.1) is 17.8 Å². The van der Waals surface area contributed by atoms with Crippen LogP contribution in [0.2, 0.25) is 0 Å². The van der Waals surface area contributed by atoms with Crippen LogP contribution in [-0.2, 0) is 0 Å². The maximum atomic E-state index is 8.98. The minimum Gasteiger partial charge on any atom is -0.396 e. The highest BCUT2D eigenvalue weighted by Crippen LogP contribution is 2.48. The Kier molecular flexibility index (Phi) is 2.69. The minimum atomic E-state index is 0.446. The van der Waals surface area contributed by atoms with E-state index in [-0.39, 0.29) is 0 Å². The van der Waals surface area contributed by atoms with E-state index < -0.39 is 0 Å². The van der Waals surface area contributed by atoms with Crippen molar-refractivity contribution in [3.05, 3.63) is 0 Å². The summed E-state index contributed by atoms with van der Waals surface area (Å²) in [6.45, 7) is 0.446. The maximum Gasteiger partial charge on any atom is 0.0462 e. The molecule has 2 rings (SSSR count). The van der Waals surface area contributed by atoms with Crippen LogP contribution in [0.15, 0.2) is 0 Å². The molecule has 2 atom stereocenters. The van der Waals surface area contributed by atoms with Gasteiger partial charge in [0.25, 0.3) is 0 Å². The van der Waals surface area contributed by atoms with Crippen molar-refractivity contribution in [1.29, 1.82) is 0 Å². The van der Waals surface area contributed by atoms with E-state index in [4.69, 9.17) is 5.11 Å². The number of hydrogen-bond donors (Lipinski definition) is 1. The molecule has 2 unspecified atom stereocenters. The van der Waals surface area contributed by atoms with Crippen LogP contribution >= 0.6 is 0 Å². The third-order valence-corrected chi connectivity index (χ3v) is 3.72. The molecular weight excluding hydrogens is 148 g/mol. The standard InChI is InChI=1S/C11H20O/c12-8-10-7-11(10)9-5-3-1-2-4-6-9/h9-12H,1-8H2. The second-order valence-corrected chi connectivity index (χ2v) is 4.59. The van der Waals surface area contributed by atoms with Crippen LogP contribution in [-0.4, -0.2) is 11.7 Å². The summed E-state index contributed by atoms with van der Waals surface area (Å²) in [6.07, 6.45) is 10.0. The molecule has 0 aliphatic heterocycles. The van der Waals surface area contributed by atoms with Gasteiger partial charge in [-0.05, 0) is 24.2 Å². The zero-order valence-corrected chi connectivity index (χ0v) is 7.84. The molecule has 1 N–H and O–H groups in total. The van der Waals surface area contributed by atoms with E-state index in [9.17, 15) is 0 Å². The molecule has 2 fully saturated rings. The molecule has 1 nitrogen and oxygen atoms in total. The summed E-state index contributed by atoms with van der Waals surface area (Å²) >= 11 is 0. The Bertz CT molecular complexity index is 136. The average Bonchev–Trinajstić information content (AvgIpc) is 2.89. The Labute approximate surface area is 75.2 Å². The van der Waals surface area contributed by atoms with Gasteiger partial charge in [-0.15, -0.1) is 0 Å². The van der Waals surface area contributed by atoms with Gasteiger partial charge in [-0.3, -0.25) is 0 Å². The van der Waals surface area contributed by atoms with E-state index in [2.05, 4.69) is 0 Å². The Balaban J connectivity index is 1.79. The molecular formula is C11H20O. The van der Waals surface area contributed by atoms with Crippen molar-refractivity contribution in [2.75, 3.05) is 6.61 Å². The van der Waals surface area contributed by atoms with Crippen LogP contribution in [0.1, 0.15) is 44.9 Å². The van der Waals surface area contributed by atoms with Gasteiger partial charge in [-0.25, -0.2) is 0 Å². The Hall–Kier alpha value is -0.0400. The van der Waals surface area contributed by atoms with Crippen molar-refractivity contribution in [3.8, 4) is 0 Å². The second-order valence-electron chi connectivity index (χ2n) is 4.59. The van der Waals surface area contributed by atoms with Gasteiger partial charge in [-0.1, -0.05) is 38.5 Å². The fourth-order valence-electron chi connectivity index (χ4n) is 2.80. The fraction of sp³-hybridized carbons (Fsp3) is 1.00. The van der Waals surface area contributed by atoms with Crippen LogP contribution in [0.5, 0.6) is 0 Å². The van der Waals surface area contributed by atoms with Gasteiger partial charge in [0.05, 0.1) is 0 Å². The molecule has 0 heterocycles. The Morgan fingerprint density at radius 1 is 1.00 bits per heavy atom. The van der Waals surface area contributed by atoms with E-state index in [0.29, 0.717) is 12.5 Å². The third-order valence-electron chi connectivity index (χ3n) is 3.72. The largest absolute Gasteiger partial charge is 0.396 e. The minimum absolute atomic E-state index is 0.446. The summed E-state index contributed by atoms with van der Waals surface area (Å²) in [5.74, 6) is 2.57. The van der Waals surface area contributed by atoms with Crippen molar-refractivity contribution in [1.82, 2.24) is 0 Å². The highest BCUT2D eigenvalue weighted by molar-refractivity contribution is 4.91. The zero-order chi connectivity index (χ0) is 8.39. The van der Waals surface area contributed by atoms with Crippen molar-refractivity contribution < 1.29 is 5.11 Å². The predicted octanol–water partition coefficient (Wildman–Crippen LogP) is 2.59. The molecule has 0 amide bonds. The number of aliphatic hydroxyl groups excluding tert-OH is 1. The summed E-state index contributed by atoms with van der Waals surface area (Å²) in [6, 6.07) is 0. The molecule has 2 aliphatic carbocycles. The summed E-state index contributed by atoms with van der Waals surface area (Å²) in [4.78, 5) is 0. The zero-order valence-electron chi connectivity index (χ0n) is 7.84. The van der Waals surface area contributed by atoms with Crippen LogP contribution in [0.25, 0.3) is 0 Å². The monoisotopic (exact) mass is 168 g/mol. The van der Waals surface area contributed by atoms with Gasteiger partial charge in [0.1, 0.15) is 0 Å². The van der Waals surface area contributed by atoms with Gasteiger partial charge in [-0.2, -0.15) is 0 Å². The second kappa shape index (κ2) is 3.78. The fourth-order valence-corrected chi connectivity index (χ4v) is 2.80. The summed E-state index contributed by atoms with van der Waals surface area (Å²) in [7, 11) is 0. The van der Waals surface area contributed by atoms with Gasteiger partial charge in [0.15, 0.2) is 0 Å².